The van der Waals surface area contributed by atoms with Crippen molar-refractivity contribution >= 4 is 60.9 Å². The molecule has 64 heavy (non-hydrogen) atoms. The summed E-state index contributed by atoms with van der Waals surface area (Å²) in [7, 11) is 0. The molecule has 0 spiro atoms. The second-order valence-corrected chi connectivity index (χ2v) is 16.1. The molecule has 0 aliphatic carbocycles. The van der Waals surface area contributed by atoms with Gasteiger partial charge in [0.25, 0.3) is 0 Å². The molecule has 0 aliphatic heterocycles. The summed E-state index contributed by atoms with van der Waals surface area (Å²) in [6, 6.07) is 79.1. The maximum absolute atomic E-state index is 5.41. The van der Waals surface area contributed by atoms with Gasteiger partial charge in [0, 0.05) is 55.4 Å². The Bertz CT molecular complexity index is 3630. The van der Waals surface area contributed by atoms with Crippen LogP contribution in [0.4, 0.5) is 17.3 Å². The molecular weight excluding hydrogens is 781 g/mol. The minimum absolute atomic E-state index is 0.527. The number of nitrogens with zero attached hydrogens (tertiary/aromatic N) is 6. The van der Waals surface area contributed by atoms with E-state index in [9.17, 15) is 0 Å². The Hall–Kier alpha value is -8.61. The maximum atomic E-state index is 5.41. The molecule has 0 radical (unpaired) electrons. The number of aromatic nitrogens is 5. The minimum atomic E-state index is 0.527. The van der Waals surface area contributed by atoms with Crippen molar-refractivity contribution in [2.24, 2.45) is 0 Å². The first-order chi connectivity index (χ1) is 31.7. The molecule has 0 unspecified atom stereocenters. The van der Waals surface area contributed by atoms with Gasteiger partial charge in [0.1, 0.15) is 0 Å². The highest BCUT2D eigenvalue weighted by Crippen LogP contribution is 2.43. The van der Waals surface area contributed by atoms with Crippen LogP contribution in [0.2, 0.25) is 0 Å². The van der Waals surface area contributed by atoms with Crippen LogP contribution in [0.15, 0.2) is 224 Å². The summed E-state index contributed by atoms with van der Waals surface area (Å²) >= 11 is 0. The number of hydrogen-bond donors (Lipinski definition) is 0. The molecule has 6 heteroatoms. The van der Waals surface area contributed by atoms with Crippen molar-refractivity contribution in [3.63, 3.8) is 0 Å². The van der Waals surface area contributed by atoms with Crippen molar-refractivity contribution in [1.29, 1.82) is 0 Å². The summed E-state index contributed by atoms with van der Waals surface area (Å²) in [4.78, 5) is 18.1. The minimum Gasteiger partial charge on any atom is -0.309 e. The number of para-hydroxylation sites is 5. The molecule has 0 atom stereocenters. The fourth-order valence-electron chi connectivity index (χ4n) is 9.37. The fraction of sp³-hybridized carbons (Fsp3) is 0.0172. The normalized spacial score (nSPS) is 11.5. The van der Waals surface area contributed by atoms with Gasteiger partial charge >= 0.3 is 0 Å². The van der Waals surface area contributed by atoms with Crippen molar-refractivity contribution in [2.45, 2.75) is 6.92 Å². The van der Waals surface area contributed by atoms with Gasteiger partial charge in [-0.15, -0.1) is 0 Å². The van der Waals surface area contributed by atoms with E-state index in [2.05, 4.69) is 203 Å². The largest absolute Gasteiger partial charge is 0.309 e. The average molecular weight is 821 g/mol. The number of benzene rings is 9. The average Bonchev–Trinajstić information content (AvgIpc) is 3.88. The van der Waals surface area contributed by atoms with Gasteiger partial charge in [0.05, 0.1) is 22.1 Å². The lowest BCUT2D eigenvalue weighted by Gasteiger charge is -2.24. The first kappa shape index (κ1) is 37.2. The van der Waals surface area contributed by atoms with Gasteiger partial charge in [-0.3, -0.25) is 4.90 Å². The van der Waals surface area contributed by atoms with E-state index in [-0.39, 0.29) is 0 Å². The Labute approximate surface area is 370 Å². The van der Waals surface area contributed by atoms with Crippen LogP contribution in [0.3, 0.4) is 0 Å². The highest BCUT2D eigenvalue weighted by Gasteiger charge is 2.24. The fourth-order valence-corrected chi connectivity index (χ4v) is 9.37. The third kappa shape index (κ3) is 6.23. The number of anilines is 3. The molecule has 0 N–H and O–H groups in total. The van der Waals surface area contributed by atoms with Crippen LogP contribution in [-0.2, 0) is 0 Å². The zero-order chi connectivity index (χ0) is 42.6. The van der Waals surface area contributed by atoms with Crippen LogP contribution in [0.1, 0.15) is 5.56 Å². The molecule has 12 aromatic rings. The second-order valence-electron chi connectivity index (χ2n) is 16.1. The van der Waals surface area contributed by atoms with Crippen molar-refractivity contribution in [2.75, 3.05) is 4.90 Å². The van der Waals surface area contributed by atoms with E-state index in [1.807, 2.05) is 42.5 Å². The van der Waals surface area contributed by atoms with Crippen LogP contribution in [0.5, 0.6) is 0 Å². The van der Waals surface area contributed by atoms with E-state index < -0.39 is 0 Å². The molecule has 0 aliphatic rings. The second kappa shape index (κ2) is 15.4. The predicted octanol–water partition coefficient (Wildman–Crippen LogP) is 14.8. The summed E-state index contributed by atoms with van der Waals surface area (Å²) in [6.45, 7) is 2.11. The first-order valence-corrected chi connectivity index (χ1v) is 21.6. The van der Waals surface area contributed by atoms with Gasteiger partial charge in [-0.2, -0.15) is 9.97 Å². The van der Waals surface area contributed by atoms with Crippen LogP contribution in [0.25, 0.3) is 88.9 Å². The van der Waals surface area contributed by atoms with Crippen LogP contribution in [0, 0.1) is 6.92 Å². The highest BCUT2D eigenvalue weighted by atomic mass is 15.3. The quantitative estimate of drug-likeness (QED) is 0.153. The van der Waals surface area contributed by atoms with Crippen LogP contribution < -0.4 is 4.90 Å². The molecule has 12 rings (SSSR count). The topological polar surface area (TPSA) is 51.8 Å². The van der Waals surface area contributed by atoms with E-state index in [0.717, 1.165) is 72.6 Å². The van der Waals surface area contributed by atoms with E-state index in [0.29, 0.717) is 17.6 Å². The van der Waals surface area contributed by atoms with E-state index in [1.54, 1.807) is 0 Å². The lowest BCUT2D eigenvalue weighted by molar-refractivity contribution is 1.02. The lowest BCUT2D eigenvalue weighted by Crippen LogP contribution is -2.15. The molecule has 0 amide bonds. The molecule has 3 heterocycles. The van der Waals surface area contributed by atoms with E-state index in [4.69, 9.17) is 15.0 Å². The smallest absolute Gasteiger partial charge is 0.238 e. The number of fused-ring (bicyclic) bond motifs is 7. The molecule has 9 aromatic carbocycles. The maximum Gasteiger partial charge on any atom is 0.238 e. The highest BCUT2D eigenvalue weighted by molar-refractivity contribution is 6.26. The van der Waals surface area contributed by atoms with Crippen molar-refractivity contribution in [1.82, 2.24) is 24.1 Å². The Kier molecular flexibility index (Phi) is 8.94. The van der Waals surface area contributed by atoms with Crippen molar-refractivity contribution in [3.8, 4) is 45.3 Å². The molecule has 0 saturated carbocycles. The van der Waals surface area contributed by atoms with Gasteiger partial charge in [0.2, 0.25) is 5.95 Å². The zero-order valence-corrected chi connectivity index (χ0v) is 35.0. The van der Waals surface area contributed by atoms with Crippen molar-refractivity contribution < 1.29 is 0 Å². The summed E-state index contributed by atoms with van der Waals surface area (Å²) in [5.74, 6) is 1.71. The summed E-state index contributed by atoms with van der Waals surface area (Å²) < 4.78 is 4.85. The molecular formula is C58H40N6. The third-order valence-electron chi connectivity index (χ3n) is 12.3. The summed E-state index contributed by atoms with van der Waals surface area (Å²) in [5.41, 5.74) is 13.7. The van der Waals surface area contributed by atoms with E-state index >= 15 is 0 Å². The van der Waals surface area contributed by atoms with Crippen molar-refractivity contribution in [3.05, 3.63) is 230 Å². The standard InChI is InChI=1S/C58H40N6/c1-39-20-14-15-29-47(39)57-59-56(60-58(61-57)62(43-23-8-3-9-24-43)44-25-10-4-11-26-44)42-36-41(40-21-6-2-7-22-40)37-46(38-42)64-51-32-18-16-30-48(51)49-34-35-53-54(55(49)64)50-31-17-19-33-52(50)63(53)45-27-12-5-13-28-45/h2-38H,1H3. The monoisotopic (exact) mass is 820 g/mol. The van der Waals surface area contributed by atoms with Gasteiger partial charge in [-0.05, 0) is 96.4 Å². The number of rotatable bonds is 8. The Morgan fingerprint density at radius 2 is 0.938 bits per heavy atom. The molecule has 3 aromatic heterocycles. The molecule has 0 bridgehead atoms. The van der Waals surface area contributed by atoms with Crippen LogP contribution in [-0.4, -0.2) is 24.1 Å². The van der Waals surface area contributed by atoms with Gasteiger partial charge in [-0.25, -0.2) is 4.98 Å². The summed E-state index contributed by atoms with van der Waals surface area (Å²) in [6.07, 6.45) is 0. The summed E-state index contributed by atoms with van der Waals surface area (Å²) in [5, 5.41) is 4.78. The van der Waals surface area contributed by atoms with Gasteiger partial charge in [-0.1, -0.05) is 152 Å². The van der Waals surface area contributed by atoms with E-state index in [1.165, 1.54) is 21.5 Å². The SMILES string of the molecule is Cc1ccccc1-c1nc(-c2cc(-c3ccccc3)cc(-n3c4ccccc4c4ccc5c(c6ccccc6n5-c5ccccc5)c43)c2)nc(N(c2ccccc2)c2ccccc2)n1. The third-order valence-corrected chi connectivity index (χ3v) is 12.3. The van der Waals surface area contributed by atoms with Gasteiger partial charge in [0.15, 0.2) is 11.6 Å². The number of hydrogen-bond acceptors (Lipinski definition) is 4. The van der Waals surface area contributed by atoms with Crippen LogP contribution >= 0.6 is 0 Å². The Morgan fingerprint density at radius 1 is 0.375 bits per heavy atom. The molecule has 0 saturated heterocycles. The van der Waals surface area contributed by atoms with Gasteiger partial charge < -0.3 is 9.13 Å². The lowest BCUT2D eigenvalue weighted by atomic mass is 10.0. The first-order valence-electron chi connectivity index (χ1n) is 21.6. The Morgan fingerprint density at radius 3 is 1.64 bits per heavy atom. The molecule has 302 valence electrons. The zero-order valence-electron chi connectivity index (χ0n) is 35.0. The number of aryl methyl sites for hydroxylation is 1. The molecule has 6 nitrogen and oxygen atoms in total. The Balaban J connectivity index is 1.18. The molecule has 0 fully saturated rings. The predicted molar refractivity (Wildman–Crippen MR) is 264 cm³/mol.